The molecule has 0 saturated heterocycles. The summed E-state index contributed by atoms with van der Waals surface area (Å²) in [6.07, 6.45) is 4.42. The van der Waals surface area contributed by atoms with Crippen molar-refractivity contribution in [3.63, 3.8) is 0 Å². The number of aromatic amines is 1. The summed E-state index contributed by atoms with van der Waals surface area (Å²) in [5.74, 6) is -0.772. The van der Waals surface area contributed by atoms with E-state index in [0.29, 0.717) is 6.42 Å². The Morgan fingerprint density at radius 2 is 2.47 bits per heavy atom. The van der Waals surface area contributed by atoms with Gasteiger partial charge >= 0.3 is 5.97 Å². The summed E-state index contributed by atoms with van der Waals surface area (Å²) in [6, 6.07) is 3.88. The first-order valence-electron chi connectivity index (χ1n) is 4.56. The molecule has 0 spiro atoms. The highest BCUT2D eigenvalue weighted by molar-refractivity contribution is 7.06. The van der Waals surface area contributed by atoms with Gasteiger partial charge in [0.1, 0.15) is 0 Å². The van der Waals surface area contributed by atoms with Crippen LogP contribution < -0.4 is 0 Å². The van der Waals surface area contributed by atoms with Crippen LogP contribution in [0.25, 0.3) is 11.3 Å². The molecule has 0 aliphatic heterocycles. The quantitative estimate of drug-likeness (QED) is 0.833. The lowest BCUT2D eigenvalue weighted by Gasteiger charge is -1.89. The van der Waals surface area contributed by atoms with Gasteiger partial charge in [-0.1, -0.05) is 0 Å². The fraction of sp³-hybridized carbons (Fsp3) is 0.200. The normalized spacial score (nSPS) is 10.4. The second-order valence-corrected chi connectivity index (χ2v) is 4.06. The SMILES string of the molecule is O=C(O)CCc1cc(-c2cc[nH]c2)ns1. The standard InChI is InChI=1S/C10H10N2O2S/c13-10(14)2-1-8-5-9(12-15-8)7-3-4-11-6-7/h3-6,11H,1-2H2,(H,13,14). The molecule has 2 rings (SSSR count). The maximum absolute atomic E-state index is 10.4. The van der Waals surface area contributed by atoms with Gasteiger partial charge in [-0.05, 0) is 30.1 Å². The summed E-state index contributed by atoms with van der Waals surface area (Å²) in [5.41, 5.74) is 1.94. The number of carbonyl (C=O) groups is 1. The number of carboxylic acid groups (broad SMARTS) is 1. The average Bonchev–Trinajstić information content (AvgIpc) is 2.85. The van der Waals surface area contributed by atoms with Gasteiger partial charge in [0.25, 0.3) is 0 Å². The lowest BCUT2D eigenvalue weighted by molar-refractivity contribution is -0.136. The molecule has 0 aliphatic carbocycles. The third kappa shape index (κ3) is 2.44. The number of nitrogens with one attached hydrogen (secondary N) is 1. The Balaban J connectivity index is 2.08. The number of aliphatic carboxylic acids is 1. The molecule has 0 radical (unpaired) electrons. The van der Waals surface area contributed by atoms with Crippen molar-refractivity contribution in [2.24, 2.45) is 0 Å². The van der Waals surface area contributed by atoms with Crippen LogP contribution in [0.15, 0.2) is 24.5 Å². The number of aromatic nitrogens is 2. The van der Waals surface area contributed by atoms with Gasteiger partial charge in [0.05, 0.1) is 12.1 Å². The minimum absolute atomic E-state index is 0.161. The molecule has 0 bridgehead atoms. The Kier molecular flexibility index (Phi) is 2.82. The van der Waals surface area contributed by atoms with E-state index < -0.39 is 5.97 Å². The van der Waals surface area contributed by atoms with Crippen molar-refractivity contribution in [1.29, 1.82) is 0 Å². The van der Waals surface area contributed by atoms with Crippen molar-refractivity contribution in [2.45, 2.75) is 12.8 Å². The predicted molar refractivity (Wildman–Crippen MR) is 57.9 cm³/mol. The van der Waals surface area contributed by atoms with Crippen molar-refractivity contribution in [3.8, 4) is 11.3 Å². The van der Waals surface area contributed by atoms with E-state index in [1.807, 2.05) is 24.5 Å². The largest absolute Gasteiger partial charge is 0.481 e. The van der Waals surface area contributed by atoms with E-state index in [0.717, 1.165) is 16.1 Å². The van der Waals surface area contributed by atoms with Gasteiger partial charge in [-0.3, -0.25) is 4.79 Å². The fourth-order valence-corrected chi connectivity index (χ4v) is 2.01. The zero-order chi connectivity index (χ0) is 10.7. The Morgan fingerprint density at radius 1 is 1.60 bits per heavy atom. The number of hydrogen-bond acceptors (Lipinski definition) is 3. The fourth-order valence-electron chi connectivity index (χ4n) is 1.28. The maximum atomic E-state index is 10.4. The van der Waals surface area contributed by atoms with Crippen molar-refractivity contribution < 1.29 is 9.90 Å². The highest BCUT2D eigenvalue weighted by Gasteiger charge is 2.06. The van der Waals surface area contributed by atoms with Gasteiger partial charge in [0.15, 0.2) is 0 Å². The van der Waals surface area contributed by atoms with E-state index in [2.05, 4.69) is 9.36 Å². The minimum Gasteiger partial charge on any atom is -0.481 e. The molecule has 0 aromatic carbocycles. The first kappa shape index (κ1) is 9.92. The number of H-pyrrole nitrogens is 1. The number of aryl methyl sites for hydroxylation is 1. The van der Waals surface area contributed by atoms with E-state index in [4.69, 9.17) is 5.11 Å². The molecule has 2 heterocycles. The molecule has 2 N–H and O–H groups in total. The van der Waals surface area contributed by atoms with Crippen LogP contribution >= 0.6 is 11.5 Å². The summed E-state index contributed by atoms with van der Waals surface area (Å²) in [5, 5.41) is 8.54. The third-order valence-corrected chi connectivity index (χ3v) is 2.88. The van der Waals surface area contributed by atoms with Crippen LogP contribution in [-0.4, -0.2) is 20.4 Å². The van der Waals surface area contributed by atoms with Gasteiger partial charge in [-0.25, -0.2) is 0 Å². The predicted octanol–water partition coefficient (Wildman–Crippen LogP) is 2.16. The first-order valence-corrected chi connectivity index (χ1v) is 5.33. The molecule has 0 unspecified atom stereocenters. The van der Waals surface area contributed by atoms with E-state index >= 15 is 0 Å². The smallest absolute Gasteiger partial charge is 0.303 e. The summed E-state index contributed by atoms with van der Waals surface area (Å²) in [6.45, 7) is 0. The zero-order valence-electron chi connectivity index (χ0n) is 7.93. The van der Waals surface area contributed by atoms with E-state index in [1.54, 1.807) is 0 Å². The number of carboxylic acids is 1. The van der Waals surface area contributed by atoms with Gasteiger partial charge in [0.2, 0.25) is 0 Å². The molecular formula is C10H10N2O2S. The topological polar surface area (TPSA) is 66.0 Å². The lowest BCUT2D eigenvalue weighted by Crippen LogP contribution is -1.95. The van der Waals surface area contributed by atoms with Gasteiger partial charge in [-0.15, -0.1) is 0 Å². The molecular weight excluding hydrogens is 212 g/mol. The molecule has 0 aliphatic rings. The van der Waals surface area contributed by atoms with Crippen molar-refractivity contribution in [3.05, 3.63) is 29.4 Å². The van der Waals surface area contributed by atoms with Crippen molar-refractivity contribution in [1.82, 2.24) is 9.36 Å². The molecule has 2 aromatic heterocycles. The average molecular weight is 222 g/mol. The second-order valence-electron chi connectivity index (χ2n) is 3.17. The van der Waals surface area contributed by atoms with E-state index in [1.165, 1.54) is 11.5 Å². The summed E-state index contributed by atoms with van der Waals surface area (Å²) in [7, 11) is 0. The highest BCUT2D eigenvalue weighted by Crippen LogP contribution is 2.22. The Morgan fingerprint density at radius 3 is 3.13 bits per heavy atom. The summed E-state index contributed by atoms with van der Waals surface area (Å²) in [4.78, 5) is 14.4. The van der Waals surface area contributed by atoms with Crippen LogP contribution in [0.1, 0.15) is 11.3 Å². The second kappa shape index (κ2) is 4.27. The molecule has 0 saturated carbocycles. The Labute approximate surface area is 90.7 Å². The monoisotopic (exact) mass is 222 g/mol. The van der Waals surface area contributed by atoms with Crippen LogP contribution in [0.5, 0.6) is 0 Å². The van der Waals surface area contributed by atoms with Crippen LogP contribution in [0.2, 0.25) is 0 Å². The molecule has 5 heteroatoms. The van der Waals surface area contributed by atoms with Crippen LogP contribution in [0.4, 0.5) is 0 Å². The molecule has 2 aromatic rings. The Bertz CT molecular complexity index is 448. The molecule has 0 atom stereocenters. The molecule has 0 fully saturated rings. The third-order valence-electron chi connectivity index (χ3n) is 2.04. The molecule has 0 amide bonds. The van der Waals surface area contributed by atoms with Crippen molar-refractivity contribution in [2.75, 3.05) is 0 Å². The molecule has 4 nitrogen and oxygen atoms in total. The van der Waals surface area contributed by atoms with Gasteiger partial charge in [-0.2, -0.15) is 4.37 Å². The lowest BCUT2D eigenvalue weighted by atomic mass is 10.2. The highest BCUT2D eigenvalue weighted by atomic mass is 32.1. The minimum atomic E-state index is -0.772. The molecule has 15 heavy (non-hydrogen) atoms. The number of hydrogen-bond donors (Lipinski definition) is 2. The van der Waals surface area contributed by atoms with Gasteiger partial charge in [0, 0.05) is 22.8 Å². The number of nitrogens with zero attached hydrogens (tertiary/aromatic N) is 1. The van der Waals surface area contributed by atoms with E-state index in [9.17, 15) is 4.79 Å². The van der Waals surface area contributed by atoms with Crippen LogP contribution in [-0.2, 0) is 11.2 Å². The first-order chi connectivity index (χ1) is 7.25. The van der Waals surface area contributed by atoms with E-state index in [-0.39, 0.29) is 6.42 Å². The van der Waals surface area contributed by atoms with Crippen LogP contribution in [0, 0.1) is 0 Å². The summed E-state index contributed by atoms with van der Waals surface area (Å²) >= 11 is 1.36. The maximum Gasteiger partial charge on any atom is 0.303 e. The van der Waals surface area contributed by atoms with Crippen molar-refractivity contribution >= 4 is 17.5 Å². The molecule has 78 valence electrons. The Hall–Kier alpha value is -1.62. The number of rotatable bonds is 4. The summed E-state index contributed by atoms with van der Waals surface area (Å²) < 4.78 is 4.27. The zero-order valence-corrected chi connectivity index (χ0v) is 8.75. The van der Waals surface area contributed by atoms with Gasteiger partial charge < -0.3 is 10.1 Å². The van der Waals surface area contributed by atoms with Crippen LogP contribution in [0.3, 0.4) is 0 Å².